The Kier molecular flexibility index (Phi) is 10.2. The minimum Gasteiger partial charge on any atom is -0.452 e. The molecule has 16 rings (SSSR count). The highest BCUT2D eigenvalue weighted by Gasteiger charge is 2.42. The van der Waals surface area contributed by atoms with Crippen LogP contribution in [0.3, 0.4) is 0 Å². The number of benzene rings is 8. The highest BCUT2D eigenvalue weighted by atomic mass is 35.5. The van der Waals surface area contributed by atoms with Crippen molar-refractivity contribution in [2.75, 3.05) is 0 Å². The quantitative estimate of drug-likeness (QED) is 0.164. The number of hydrogen-bond acceptors (Lipinski definition) is 6. The second-order valence-corrected chi connectivity index (χ2v) is 20.9. The molecule has 0 unspecified atom stereocenters. The van der Waals surface area contributed by atoms with Crippen molar-refractivity contribution in [3.8, 4) is 39.7 Å². The summed E-state index contributed by atoms with van der Waals surface area (Å²) in [6, 6.07) is 71.0. The van der Waals surface area contributed by atoms with Crippen LogP contribution in [0.15, 0.2) is 215 Å². The second-order valence-electron chi connectivity index (χ2n) is 20.6. The lowest BCUT2D eigenvalue weighted by Gasteiger charge is -2.25. The molecule has 0 bridgehead atoms. The Bertz CT molecular complexity index is 4470. The first kappa shape index (κ1) is 44.8. The molecule has 0 spiro atoms. The summed E-state index contributed by atoms with van der Waals surface area (Å²) >= 11 is 6.07. The van der Waals surface area contributed by atoms with Gasteiger partial charge in [-0.3, -0.25) is 4.57 Å². The fraction of sp³-hybridized carbons (Fsp3) is 0.104. The van der Waals surface area contributed by atoms with E-state index in [0.29, 0.717) is 17.1 Å². The predicted molar refractivity (Wildman–Crippen MR) is 305 cm³/mol. The van der Waals surface area contributed by atoms with Crippen molar-refractivity contribution < 1.29 is 8.83 Å². The van der Waals surface area contributed by atoms with Gasteiger partial charge in [-0.1, -0.05) is 204 Å². The van der Waals surface area contributed by atoms with Crippen LogP contribution in [-0.4, -0.2) is 24.5 Å². The van der Waals surface area contributed by atoms with Crippen LogP contribution in [0.2, 0.25) is 5.28 Å². The summed E-state index contributed by atoms with van der Waals surface area (Å²) in [7, 11) is 0. The van der Waals surface area contributed by atoms with Crippen LogP contribution in [0, 0.1) is 0 Å². The number of aromatic nitrogens is 5. The molecular weight excluding hydrogens is 942 g/mol. The SMILES string of the molecule is CC1(C)C2=C(Cc3ccccc32)c2ccccc21.CC1(C)c2ccccc2-c2c1c1ccccc1n2-c1nc(-c2ccccc2)c2oc3ccccc3c2n1.Clc1nc(-c2ccccc2)c2oc3ccccc3c2n1. The third-order valence-electron chi connectivity index (χ3n) is 15.6. The van der Waals surface area contributed by atoms with Gasteiger partial charge in [0.1, 0.15) is 33.6 Å². The van der Waals surface area contributed by atoms with E-state index in [2.05, 4.69) is 157 Å². The van der Waals surface area contributed by atoms with Crippen LogP contribution in [-0.2, 0) is 17.3 Å². The summed E-state index contributed by atoms with van der Waals surface area (Å²) in [5.74, 6) is 0.655. The van der Waals surface area contributed by atoms with Gasteiger partial charge in [-0.25, -0.2) is 19.9 Å². The zero-order chi connectivity index (χ0) is 50.6. The van der Waals surface area contributed by atoms with Crippen molar-refractivity contribution in [3.63, 3.8) is 0 Å². The van der Waals surface area contributed by atoms with Gasteiger partial charge in [0.05, 0.1) is 11.2 Å². The lowest BCUT2D eigenvalue weighted by atomic mass is 9.78. The molecule has 0 saturated heterocycles. The maximum atomic E-state index is 6.35. The van der Waals surface area contributed by atoms with Crippen molar-refractivity contribution in [3.05, 3.63) is 245 Å². The fourth-order valence-electron chi connectivity index (χ4n) is 12.3. The molecule has 0 amide bonds. The van der Waals surface area contributed by atoms with Gasteiger partial charge >= 0.3 is 0 Å². The number of para-hydroxylation sites is 3. The van der Waals surface area contributed by atoms with E-state index in [4.69, 9.17) is 30.4 Å². The van der Waals surface area contributed by atoms with Gasteiger partial charge in [0.2, 0.25) is 11.2 Å². The minimum atomic E-state index is -0.133. The first-order chi connectivity index (χ1) is 36.6. The Balaban J connectivity index is 0.000000114. The molecule has 13 aromatic rings. The number of halogens is 1. The van der Waals surface area contributed by atoms with E-state index in [1.54, 1.807) is 11.1 Å². The first-order valence-corrected chi connectivity index (χ1v) is 25.8. The molecule has 0 N–H and O–H groups in total. The van der Waals surface area contributed by atoms with Crippen LogP contribution < -0.4 is 0 Å². The molecule has 3 aliphatic carbocycles. The predicted octanol–water partition coefficient (Wildman–Crippen LogP) is 17.4. The molecule has 0 atom stereocenters. The Morgan fingerprint density at radius 2 is 0.947 bits per heavy atom. The van der Waals surface area contributed by atoms with E-state index in [9.17, 15) is 0 Å². The van der Waals surface area contributed by atoms with Crippen molar-refractivity contribution in [1.29, 1.82) is 0 Å². The molecule has 75 heavy (non-hydrogen) atoms. The standard InChI is InChI=1S/C33H23N3O.C18H16.C16H9ClN2O/c1-33(2)24-17-9-6-14-21(24)30-27(33)22-15-7-10-18-25(22)36(30)32-34-28(20-12-4-3-5-13-20)31-29(35-32)23-16-8-11-19-26(23)37-31;1-18(2)16-10-6-5-9-14(16)15-11-12-7-3-4-8-13(12)17(15)18;17-16-18-13(10-6-2-1-3-7-10)15-14(19-16)11-8-4-5-9-12(11)20-15/h3-19H,1-2H3;3-10H,11H2,1-2H3;1-9H. The van der Waals surface area contributed by atoms with E-state index < -0.39 is 0 Å². The largest absolute Gasteiger partial charge is 0.452 e. The first-order valence-electron chi connectivity index (χ1n) is 25.5. The molecule has 360 valence electrons. The summed E-state index contributed by atoms with van der Waals surface area (Å²) in [6.07, 6.45) is 1.10. The van der Waals surface area contributed by atoms with Crippen LogP contribution in [0.4, 0.5) is 0 Å². The number of hydrogen-bond donors (Lipinski definition) is 0. The Morgan fingerprint density at radius 1 is 0.453 bits per heavy atom. The zero-order valence-electron chi connectivity index (χ0n) is 41.8. The second kappa shape index (κ2) is 17.1. The molecule has 0 aliphatic heterocycles. The van der Waals surface area contributed by atoms with Crippen molar-refractivity contribution in [1.82, 2.24) is 24.5 Å². The average molecular weight is 991 g/mol. The third-order valence-corrected chi connectivity index (χ3v) is 15.7. The molecular formula is C67H48ClN5O2. The molecule has 3 aliphatic rings. The smallest absolute Gasteiger partial charge is 0.236 e. The summed E-state index contributed by atoms with van der Waals surface area (Å²) in [5, 5.41) is 3.40. The zero-order valence-corrected chi connectivity index (χ0v) is 42.5. The monoisotopic (exact) mass is 989 g/mol. The van der Waals surface area contributed by atoms with Crippen LogP contribution in [0.25, 0.3) is 106 Å². The highest BCUT2D eigenvalue weighted by molar-refractivity contribution is 6.29. The maximum absolute atomic E-state index is 6.35. The maximum Gasteiger partial charge on any atom is 0.236 e. The summed E-state index contributed by atoms with van der Waals surface area (Å²) in [5.41, 5.74) is 23.3. The van der Waals surface area contributed by atoms with Crippen LogP contribution in [0.1, 0.15) is 61.1 Å². The van der Waals surface area contributed by atoms with Crippen molar-refractivity contribution >= 4 is 77.8 Å². The number of allylic oxidation sites excluding steroid dienone is 2. The fourth-order valence-corrected chi connectivity index (χ4v) is 12.4. The molecule has 5 aromatic heterocycles. The number of fused-ring (bicyclic) bond motifs is 15. The van der Waals surface area contributed by atoms with Gasteiger partial charge in [0.15, 0.2) is 11.2 Å². The molecule has 0 radical (unpaired) electrons. The Morgan fingerprint density at radius 3 is 1.60 bits per heavy atom. The van der Waals surface area contributed by atoms with E-state index in [1.807, 2.05) is 91.0 Å². The summed E-state index contributed by atoms with van der Waals surface area (Å²) in [6.45, 7) is 9.35. The van der Waals surface area contributed by atoms with E-state index in [-0.39, 0.29) is 16.1 Å². The molecule has 8 heteroatoms. The van der Waals surface area contributed by atoms with Gasteiger partial charge in [0.25, 0.3) is 0 Å². The summed E-state index contributed by atoms with van der Waals surface area (Å²) in [4.78, 5) is 19.1. The van der Waals surface area contributed by atoms with Gasteiger partial charge < -0.3 is 8.83 Å². The molecule has 7 nitrogen and oxygen atoms in total. The van der Waals surface area contributed by atoms with Crippen LogP contribution >= 0.6 is 11.6 Å². The number of furan rings is 2. The van der Waals surface area contributed by atoms with E-state index in [0.717, 1.165) is 67.4 Å². The average Bonchev–Trinajstić information content (AvgIpc) is 4.40. The van der Waals surface area contributed by atoms with Gasteiger partial charge in [-0.05, 0) is 92.9 Å². The number of rotatable bonds is 3. The molecule has 5 heterocycles. The van der Waals surface area contributed by atoms with Gasteiger partial charge in [-0.2, -0.15) is 0 Å². The minimum absolute atomic E-state index is 0.133. The summed E-state index contributed by atoms with van der Waals surface area (Å²) < 4.78 is 14.5. The lowest BCUT2D eigenvalue weighted by molar-refractivity contribution is 0.665. The van der Waals surface area contributed by atoms with Crippen molar-refractivity contribution in [2.24, 2.45) is 0 Å². The normalized spacial score (nSPS) is 14.3. The Labute approximate surface area is 438 Å². The van der Waals surface area contributed by atoms with Gasteiger partial charge in [0, 0.05) is 43.7 Å². The van der Waals surface area contributed by atoms with Crippen LogP contribution in [0.5, 0.6) is 0 Å². The van der Waals surface area contributed by atoms with E-state index in [1.165, 1.54) is 50.0 Å². The highest BCUT2D eigenvalue weighted by Crippen LogP contribution is 2.56. The molecule has 0 fully saturated rings. The molecule has 8 aromatic carbocycles. The number of nitrogens with zero attached hydrogens (tertiary/aromatic N) is 5. The Hall–Kier alpha value is -8.91. The van der Waals surface area contributed by atoms with Crippen molar-refractivity contribution in [2.45, 2.75) is 44.9 Å². The third kappa shape index (κ3) is 6.95. The topological polar surface area (TPSA) is 82.8 Å². The lowest BCUT2D eigenvalue weighted by Crippen LogP contribution is -2.16. The molecule has 0 saturated carbocycles. The van der Waals surface area contributed by atoms with E-state index >= 15 is 0 Å². The van der Waals surface area contributed by atoms with Gasteiger partial charge in [-0.15, -0.1) is 0 Å².